The van der Waals surface area contributed by atoms with Crippen molar-refractivity contribution in [1.29, 1.82) is 0 Å². The summed E-state index contributed by atoms with van der Waals surface area (Å²) in [5.74, 6) is 0.588. The third kappa shape index (κ3) is 22.2. The molecule has 0 spiro atoms. The largest absolute Gasteiger partial charge is 1.00 e. The first-order chi connectivity index (χ1) is 19.9. The molecule has 3 amide bonds. The molecule has 1 aliphatic heterocycles. The van der Waals surface area contributed by atoms with Crippen molar-refractivity contribution in [2.24, 2.45) is 0 Å². The Labute approximate surface area is 265 Å². The van der Waals surface area contributed by atoms with Crippen molar-refractivity contribution in [1.82, 2.24) is 15.5 Å². The van der Waals surface area contributed by atoms with Crippen LogP contribution in [0.2, 0.25) is 0 Å². The van der Waals surface area contributed by atoms with Crippen molar-refractivity contribution in [3.05, 3.63) is 0 Å². The second-order valence-corrected chi connectivity index (χ2v) is 12.8. The second-order valence-electron chi connectivity index (χ2n) is 12.8. The molecule has 0 bridgehead atoms. The highest BCUT2D eigenvalue weighted by atomic mass is 35.5. The summed E-state index contributed by atoms with van der Waals surface area (Å²) >= 11 is 0. The van der Waals surface area contributed by atoms with Crippen LogP contribution in [0.25, 0.3) is 0 Å². The number of carbonyl (C=O) groups is 3. The van der Waals surface area contributed by atoms with Crippen LogP contribution < -0.4 is 23.0 Å². The van der Waals surface area contributed by atoms with Crippen molar-refractivity contribution in [3.63, 3.8) is 0 Å². The van der Waals surface area contributed by atoms with Gasteiger partial charge in [0.2, 0.25) is 17.7 Å². The maximum atomic E-state index is 12.3. The molecule has 248 valence electrons. The van der Waals surface area contributed by atoms with Gasteiger partial charge in [0.1, 0.15) is 0 Å². The Morgan fingerprint density at radius 1 is 0.667 bits per heavy atom. The molecule has 1 rings (SSSR count). The number of carbonyl (C=O) groups excluding carboxylic acids is 3. The molecule has 1 saturated heterocycles. The van der Waals surface area contributed by atoms with E-state index >= 15 is 0 Å². The van der Waals surface area contributed by atoms with Crippen molar-refractivity contribution in [2.75, 3.05) is 46.4 Å². The number of hydrogen-bond donors (Lipinski definition) is 2. The van der Waals surface area contributed by atoms with Gasteiger partial charge in [-0.3, -0.25) is 19.3 Å². The van der Waals surface area contributed by atoms with Crippen molar-refractivity contribution < 1.29 is 31.3 Å². The number of rotatable bonds is 28. The molecule has 0 aliphatic carbocycles. The minimum absolute atomic E-state index is 0. The lowest BCUT2D eigenvalue weighted by Crippen LogP contribution is -3.00. The van der Waals surface area contributed by atoms with E-state index in [4.69, 9.17) is 0 Å². The van der Waals surface area contributed by atoms with Crippen LogP contribution in [0.5, 0.6) is 0 Å². The lowest BCUT2D eigenvalue weighted by atomic mass is 10.1. The van der Waals surface area contributed by atoms with Crippen LogP contribution in [0.3, 0.4) is 0 Å². The highest BCUT2D eigenvalue weighted by Gasteiger charge is 2.30. The number of amides is 3. The molecule has 1 fully saturated rings. The Balaban J connectivity index is 0.0000168. The average molecular weight is 615 g/mol. The number of nitrogens with one attached hydrogen (secondary N) is 2. The highest BCUT2D eigenvalue weighted by Crippen LogP contribution is 2.16. The van der Waals surface area contributed by atoms with E-state index in [0.717, 1.165) is 75.7 Å². The minimum Gasteiger partial charge on any atom is -1.00 e. The SMILES string of the molecule is CCCCCCCCCCC(=O)NCCC[N+](C)(CCCNC(=O)CCCCCCCCCC)CN1CCCC1=O.[Cl-]. The van der Waals surface area contributed by atoms with Crippen LogP contribution in [0.4, 0.5) is 0 Å². The van der Waals surface area contributed by atoms with E-state index in [0.29, 0.717) is 32.4 Å². The van der Waals surface area contributed by atoms with Crippen LogP contribution in [0.1, 0.15) is 155 Å². The molecule has 7 nitrogen and oxygen atoms in total. The quantitative estimate of drug-likeness (QED) is 0.103. The summed E-state index contributed by atoms with van der Waals surface area (Å²) in [5, 5.41) is 6.23. The molecule has 0 aromatic rings. The van der Waals surface area contributed by atoms with Gasteiger partial charge in [0.15, 0.2) is 6.67 Å². The van der Waals surface area contributed by atoms with Crippen molar-refractivity contribution in [3.8, 4) is 0 Å². The summed E-state index contributed by atoms with van der Waals surface area (Å²) in [7, 11) is 2.22. The fourth-order valence-corrected chi connectivity index (χ4v) is 5.91. The number of halogens is 1. The van der Waals surface area contributed by atoms with Crippen LogP contribution in [-0.2, 0) is 14.4 Å². The Hall–Kier alpha value is -1.34. The smallest absolute Gasteiger partial charge is 0.226 e. The van der Waals surface area contributed by atoms with Gasteiger partial charge in [0.05, 0.1) is 20.1 Å². The van der Waals surface area contributed by atoms with Crippen LogP contribution in [0, 0.1) is 0 Å². The Kier molecular flexibility index (Phi) is 26.4. The number of likely N-dealkylation sites (tertiary alicyclic amines) is 1. The topological polar surface area (TPSA) is 78.5 Å². The van der Waals surface area contributed by atoms with E-state index in [2.05, 4.69) is 31.5 Å². The van der Waals surface area contributed by atoms with Gasteiger partial charge < -0.3 is 27.5 Å². The fraction of sp³-hybridized carbons (Fsp3) is 0.912. The summed E-state index contributed by atoms with van der Waals surface area (Å²) in [6.07, 6.45) is 24.5. The van der Waals surface area contributed by atoms with Gasteiger partial charge in [-0.15, -0.1) is 0 Å². The fourth-order valence-electron chi connectivity index (χ4n) is 5.91. The van der Waals surface area contributed by atoms with E-state index in [1.54, 1.807) is 0 Å². The van der Waals surface area contributed by atoms with Gasteiger partial charge in [-0.1, -0.05) is 104 Å². The molecule has 0 aromatic heterocycles. The third-order valence-corrected chi connectivity index (χ3v) is 8.59. The maximum absolute atomic E-state index is 12.3. The average Bonchev–Trinajstić information content (AvgIpc) is 3.35. The lowest BCUT2D eigenvalue weighted by Gasteiger charge is -2.38. The van der Waals surface area contributed by atoms with E-state index in [1.807, 2.05) is 4.90 Å². The summed E-state index contributed by atoms with van der Waals surface area (Å²) in [6, 6.07) is 0. The molecule has 1 heterocycles. The van der Waals surface area contributed by atoms with Crippen LogP contribution in [-0.4, -0.2) is 73.5 Å². The molecule has 0 unspecified atom stereocenters. The van der Waals surface area contributed by atoms with Gasteiger partial charge in [-0.05, 0) is 19.3 Å². The number of nitrogens with zero attached hydrogens (tertiary/aromatic N) is 2. The lowest BCUT2D eigenvalue weighted by molar-refractivity contribution is -0.917. The van der Waals surface area contributed by atoms with Crippen LogP contribution in [0.15, 0.2) is 0 Å². The zero-order valence-electron chi connectivity index (χ0n) is 27.8. The first-order valence-electron chi connectivity index (χ1n) is 17.5. The third-order valence-electron chi connectivity index (χ3n) is 8.59. The summed E-state index contributed by atoms with van der Waals surface area (Å²) in [6.45, 7) is 9.25. The first-order valence-corrected chi connectivity index (χ1v) is 17.5. The highest BCUT2D eigenvalue weighted by molar-refractivity contribution is 5.78. The van der Waals surface area contributed by atoms with Gasteiger partial charge in [-0.25, -0.2) is 0 Å². The van der Waals surface area contributed by atoms with Gasteiger partial charge >= 0.3 is 0 Å². The predicted molar refractivity (Wildman–Crippen MR) is 171 cm³/mol. The number of quaternary nitrogens is 1. The summed E-state index contributed by atoms with van der Waals surface area (Å²) in [5.41, 5.74) is 0. The van der Waals surface area contributed by atoms with Gasteiger partial charge in [-0.2, -0.15) is 0 Å². The molecule has 0 radical (unpaired) electrons. The Morgan fingerprint density at radius 3 is 1.45 bits per heavy atom. The van der Waals surface area contributed by atoms with Crippen LogP contribution >= 0.6 is 0 Å². The standard InChI is InChI=1S/C34H66N4O3.ClH/c1-4-6-8-10-12-14-16-18-23-32(39)35-26-21-29-38(3,31-37-28-20-25-34(37)41)30-22-27-36-33(40)24-19-17-15-13-11-9-7-5-2;/h4-31H2,1-3H3,(H-,35,36,39,40);1H. The molecule has 0 atom stereocenters. The summed E-state index contributed by atoms with van der Waals surface area (Å²) in [4.78, 5) is 38.9. The zero-order chi connectivity index (χ0) is 30.0. The normalized spacial score (nSPS) is 13.3. The Morgan fingerprint density at radius 2 is 1.07 bits per heavy atom. The van der Waals surface area contributed by atoms with E-state index in [9.17, 15) is 14.4 Å². The molecular formula is C34H67ClN4O3. The molecule has 8 heteroatoms. The number of unbranched alkanes of at least 4 members (excludes halogenated alkanes) is 14. The molecule has 0 aromatic carbocycles. The number of hydrogen-bond acceptors (Lipinski definition) is 3. The van der Waals surface area contributed by atoms with Gasteiger partial charge in [0, 0.05) is 51.7 Å². The predicted octanol–water partition coefficient (Wildman–Crippen LogP) is 4.09. The molecule has 0 saturated carbocycles. The van der Waals surface area contributed by atoms with Crippen molar-refractivity contribution >= 4 is 17.7 Å². The molecule has 2 N–H and O–H groups in total. The Bertz CT molecular complexity index is 652. The van der Waals surface area contributed by atoms with Crippen molar-refractivity contribution in [2.45, 2.75) is 155 Å². The first kappa shape index (κ1) is 40.7. The zero-order valence-corrected chi connectivity index (χ0v) is 28.6. The maximum Gasteiger partial charge on any atom is 0.226 e. The van der Waals surface area contributed by atoms with E-state index < -0.39 is 0 Å². The molecule has 42 heavy (non-hydrogen) atoms. The summed E-state index contributed by atoms with van der Waals surface area (Å²) < 4.78 is 0.771. The monoisotopic (exact) mass is 614 g/mol. The second kappa shape index (κ2) is 27.2. The molecular weight excluding hydrogens is 548 g/mol. The molecule has 1 aliphatic rings. The van der Waals surface area contributed by atoms with E-state index in [-0.39, 0.29) is 30.1 Å². The van der Waals surface area contributed by atoms with E-state index in [1.165, 1.54) is 77.0 Å². The minimum atomic E-state index is 0. The van der Waals surface area contributed by atoms with Gasteiger partial charge in [0.25, 0.3) is 0 Å².